The Morgan fingerprint density at radius 3 is 2.64 bits per heavy atom. The van der Waals surface area contributed by atoms with Crippen molar-refractivity contribution in [2.24, 2.45) is 28.6 Å². The van der Waals surface area contributed by atoms with Gasteiger partial charge in [0.05, 0.1) is 11.7 Å². The maximum absolute atomic E-state index is 11.9. The third-order valence-electron chi connectivity index (χ3n) is 8.75. The van der Waals surface area contributed by atoms with Gasteiger partial charge in [-0.15, -0.1) is 0 Å². The summed E-state index contributed by atoms with van der Waals surface area (Å²) < 4.78 is 0. The summed E-state index contributed by atoms with van der Waals surface area (Å²) in [7, 11) is 0. The summed E-state index contributed by atoms with van der Waals surface area (Å²) in [4.78, 5) is 11.9. The Bertz CT molecular complexity index is 664. The van der Waals surface area contributed by atoms with Gasteiger partial charge >= 0.3 is 0 Å². The molecule has 0 amide bonds. The highest BCUT2D eigenvalue weighted by Crippen LogP contribution is 2.68. The molecule has 3 fully saturated rings. The summed E-state index contributed by atoms with van der Waals surface area (Å²) in [5.41, 5.74) is 0.904. The summed E-state index contributed by atoms with van der Waals surface area (Å²) in [6, 6.07) is 0. The van der Waals surface area contributed by atoms with Crippen LogP contribution in [0.3, 0.4) is 0 Å². The van der Waals surface area contributed by atoms with E-state index in [1.807, 2.05) is 13.0 Å². The van der Waals surface area contributed by atoms with Crippen molar-refractivity contribution in [1.29, 1.82) is 0 Å². The average molecular weight is 344 g/mol. The van der Waals surface area contributed by atoms with Crippen molar-refractivity contribution in [1.82, 2.24) is 0 Å². The molecule has 0 aromatic carbocycles. The molecule has 0 bridgehead atoms. The van der Waals surface area contributed by atoms with E-state index in [0.29, 0.717) is 24.7 Å². The van der Waals surface area contributed by atoms with E-state index in [1.165, 1.54) is 5.57 Å². The SMILES string of the molecule is C=C(C)[C@@]1(O)CCC2C3CCC4=CC(=O)CCC4(C)C3C(O)CC21C. The number of rotatable bonds is 1. The van der Waals surface area contributed by atoms with Gasteiger partial charge in [0.25, 0.3) is 0 Å². The summed E-state index contributed by atoms with van der Waals surface area (Å²) in [6.07, 6.45) is 7.34. The van der Waals surface area contributed by atoms with Gasteiger partial charge in [-0.3, -0.25) is 4.79 Å². The first-order chi connectivity index (χ1) is 11.6. The van der Waals surface area contributed by atoms with Crippen LogP contribution < -0.4 is 0 Å². The third kappa shape index (κ3) is 2.09. The molecule has 0 saturated heterocycles. The molecule has 6 unspecified atom stereocenters. The molecule has 4 aliphatic carbocycles. The lowest BCUT2D eigenvalue weighted by atomic mass is 9.45. The number of hydrogen-bond donors (Lipinski definition) is 2. The van der Waals surface area contributed by atoms with Crippen LogP contribution in [0.25, 0.3) is 0 Å². The van der Waals surface area contributed by atoms with Gasteiger partial charge in [-0.2, -0.15) is 0 Å². The van der Waals surface area contributed by atoms with Gasteiger partial charge in [-0.25, -0.2) is 0 Å². The van der Waals surface area contributed by atoms with E-state index in [0.717, 1.165) is 37.7 Å². The molecule has 0 aromatic heterocycles. The van der Waals surface area contributed by atoms with E-state index in [1.54, 1.807) is 0 Å². The number of fused-ring (bicyclic) bond motifs is 5. The number of allylic oxidation sites excluding steroid dienone is 1. The van der Waals surface area contributed by atoms with Crippen molar-refractivity contribution in [3.8, 4) is 0 Å². The van der Waals surface area contributed by atoms with Crippen molar-refractivity contribution < 1.29 is 15.0 Å². The molecule has 25 heavy (non-hydrogen) atoms. The van der Waals surface area contributed by atoms with Crippen LogP contribution in [-0.2, 0) is 4.79 Å². The minimum Gasteiger partial charge on any atom is -0.393 e. The van der Waals surface area contributed by atoms with Crippen LogP contribution in [-0.4, -0.2) is 27.7 Å². The molecule has 138 valence electrons. The van der Waals surface area contributed by atoms with Gasteiger partial charge in [0, 0.05) is 11.8 Å². The van der Waals surface area contributed by atoms with Crippen LogP contribution in [0.5, 0.6) is 0 Å². The third-order valence-corrected chi connectivity index (χ3v) is 8.75. The van der Waals surface area contributed by atoms with Crippen LogP contribution >= 0.6 is 0 Å². The monoisotopic (exact) mass is 344 g/mol. The molecule has 0 radical (unpaired) electrons. The van der Waals surface area contributed by atoms with E-state index in [4.69, 9.17) is 0 Å². The highest BCUT2D eigenvalue weighted by atomic mass is 16.3. The molecule has 0 aliphatic heterocycles. The Morgan fingerprint density at radius 2 is 1.96 bits per heavy atom. The molecule has 0 aromatic rings. The Labute approximate surface area is 151 Å². The number of ketones is 1. The molecule has 4 aliphatic rings. The summed E-state index contributed by atoms with van der Waals surface area (Å²) in [5.74, 6) is 1.32. The van der Waals surface area contributed by atoms with Crippen LogP contribution in [0.1, 0.15) is 65.7 Å². The number of carbonyl (C=O) groups excluding carboxylic acids is 1. The normalized spacial score (nSPS) is 52.0. The molecule has 3 heteroatoms. The molecule has 2 N–H and O–H groups in total. The van der Waals surface area contributed by atoms with Gasteiger partial charge in [0.15, 0.2) is 5.78 Å². The lowest BCUT2D eigenvalue weighted by molar-refractivity contribution is -0.160. The van der Waals surface area contributed by atoms with Crippen molar-refractivity contribution in [2.75, 3.05) is 0 Å². The topological polar surface area (TPSA) is 57.5 Å². The van der Waals surface area contributed by atoms with E-state index >= 15 is 0 Å². The number of carbonyl (C=O) groups is 1. The first-order valence-corrected chi connectivity index (χ1v) is 9.94. The highest BCUT2D eigenvalue weighted by molar-refractivity contribution is 5.91. The molecule has 4 rings (SSSR count). The second-order valence-electron chi connectivity index (χ2n) is 9.76. The summed E-state index contributed by atoms with van der Waals surface area (Å²) in [6.45, 7) is 10.5. The summed E-state index contributed by atoms with van der Waals surface area (Å²) in [5, 5.41) is 22.6. The van der Waals surface area contributed by atoms with Crippen molar-refractivity contribution >= 4 is 5.78 Å². The summed E-state index contributed by atoms with van der Waals surface area (Å²) >= 11 is 0. The molecular weight excluding hydrogens is 312 g/mol. The highest BCUT2D eigenvalue weighted by Gasteiger charge is 2.66. The van der Waals surface area contributed by atoms with Gasteiger partial charge in [0.1, 0.15) is 0 Å². The largest absolute Gasteiger partial charge is 0.393 e. The fourth-order valence-corrected chi connectivity index (χ4v) is 7.39. The van der Waals surface area contributed by atoms with Crippen LogP contribution in [0.2, 0.25) is 0 Å². The Hall–Kier alpha value is -0.930. The zero-order valence-corrected chi connectivity index (χ0v) is 15.8. The van der Waals surface area contributed by atoms with E-state index in [9.17, 15) is 15.0 Å². The molecule has 0 spiro atoms. The minimum atomic E-state index is -0.858. The molecule has 3 saturated carbocycles. The van der Waals surface area contributed by atoms with Gasteiger partial charge in [-0.1, -0.05) is 26.0 Å². The zero-order chi connectivity index (χ0) is 18.2. The maximum Gasteiger partial charge on any atom is 0.155 e. The van der Waals surface area contributed by atoms with Crippen LogP contribution in [0.4, 0.5) is 0 Å². The fourth-order valence-electron chi connectivity index (χ4n) is 7.39. The predicted molar refractivity (Wildman–Crippen MR) is 97.9 cm³/mol. The quantitative estimate of drug-likeness (QED) is 0.712. The second kappa shape index (κ2) is 5.29. The molecule has 3 nitrogen and oxygen atoms in total. The maximum atomic E-state index is 11.9. The lowest BCUT2D eigenvalue weighted by Crippen LogP contribution is -2.60. The zero-order valence-electron chi connectivity index (χ0n) is 15.8. The van der Waals surface area contributed by atoms with Gasteiger partial charge < -0.3 is 10.2 Å². The lowest BCUT2D eigenvalue weighted by Gasteiger charge is -2.60. The first kappa shape index (κ1) is 17.5. The van der Waals surface area contributed by atoms with Gasteiger partial charge in [0.2, 0.25) is 0 Å². The van der Waals surface area contributed by atoms with E-state index in [-0.39, 0.29) is 22.5 Å². The standard InChI is InChI=1S/C22H32O3/c1-13(2)22(25)10-8-17-16-6-5-14-11-15(23)7-9-20(14,3)19(16)18(24)12-21(17,22)4/h11,16-19,24-25H,1,5-10,12H2,2-4H3/t16?,17?,18?,19?,20?,21?,22-/m0/s1. The second-order valence-corrected chi connectivity index (χ2v) is 9.76. The number of aliphatic hydroxyl groups is 2. The Kier molecular flexibility index (Phi) is 3.70. The fraction of sp³-hybridized carbons (Fsp3) is 0.773. The van der Waals surface area contributed by atoms with E-state index < -0.39 is 11.7 Å². The first-order valence-electron chi connectivity index (χ1n) is 9.94. The smallest absolute Gasteiger partial charge is 0.155 e. The number of aliphatic hydroxyl groups excluding tert-OH is 1. The Morgan fingerprint density at radius 1 is 1.24 bits per heavy atom. The van der Waals surface area contributed by atoms with Crippen molar-refractivity contribution in [3.05, 3.63) is 23.8 Å². The average Bonchev–Trinajstić information content (AvgIpc) is 2.80. The van der Waals surface area contributed by atoms with Gasteiger partial charge in [-0.05, 0) is 80.3 Å². The van der Waals surface area contributed by atoms with Crippen LogP contribution in [0, 0.1) is 28.6 Å². The van der Waals surface area contributed by atoms with Crippen LogP contribution in [0.15, 0.2) is 23.8 Å². The molecular formula is C22H32O3. The van der Waals surface area contributed by atoms with E-state index in [2.05, 4.69) is 20.4 Å². The Balaban J connectivity index is 1.75. The van der Waals surface area contributed by atoms with Crippen molar-refractivity contribution in [2.45, 2.75) is 77.4 Å². The molecule has 0 heterocycles. The predicted octanol–water partition coefficient (Wildman–Crippen LogP) is 3.80. The number of hydrogen-bond acceptors (Lipinski definition) is 3. The minimum absolute atomic E-state index is 0.0541. The van der Waals surface area contributed by atoms with Crippen molar-refractivity contribution in [3.63, 3.8) is 0 Å². The molecule has 7 atom stereocenters.